The maximum Gasteiger partial charge on any atom is 0.243 e. The van der Waals surface area contributed by atoms with Crippen LogP contribution in [0.4, 0.5) is 5.69 Å². The SMILES string of the molecule is CC(=O)c1ccc(S(=O)(=O)N2CCC(C(=O)N(C)c3ccc4ccccc4c3)CC2)cc1. The van der Waals surface area contributed by atoms with Crippen molar-refractivity contribution in [3.05, 3.63) is 72.3 Å². The summed E-state index contributed by atoms with van der Waals surface area (Å²) in [7, 11) is -1.88. The average molecular weight is 451 g/mol. The fourth-order valence-electron chi connectivity index (χ4n) is 4.14. The van der Waals surface area contributed by atoms with E-state index in [9.17, 15) is 18.0 Å². The van der Waals surface area contributed by atoms with Crippen molar-refractivity contribution in [3.63, 3.8) is 0 Å². The van der Waals surface area contributed by atoms with E-state index in [1.807, 2.05) is 42.5 Å². The summed E-state index contributed by atoms with van der Waals surface area (Å²) in [5, 5.41) is 2.19. The quantitative estimate of drug-likeness (QED) is 0.549. The Hall–Kier alpha value is -3.03. The number of rotatable bonds is 5. The van der Waals surface area contributed by atoms with Gasteiger partial charge in [-0.15, -0.1) is 0 Å². The number of Topliss-reactive ketones (excluding diaryl/α,β-unsaturated/α-hetero) is 1. The van der Waals surface area contributed by atoms with Gasteiger partial charge in [0.15, 0.2) is 5.78 Å². The van der Waals surface area contributed by atoms with Gasteiger partial charge in [0.2, 0.25) is 15.9 Å². The lowest BCUT2D eigenvalue weighted by atomic mass is 9.96. The molecule has 3 aromatic rings. The van der Waals surface area contributed by atoms with Gasteiger partial charge in [-0.2, -0.15) is 4.31 Å². The molecule has 4 rings (SSSR count). The van der Waals surface area contributed by atoms with E-state index in [1.54, 1.807) is 11.9 Å². The molecule has 166 valence electrons. The Morgan fingerprint density at radius 2 is 1.53 bits per heavy atom. The van der Waals surface area contributed by atoms with Crippen molar-refractivity contribution in [2.24, 2.45) is 5.92 Å². The second-order valence-corrected chi connectivity index (χ2v) is 10.1. The first-order valence-electron chi connectivity index (χ1n) is 10.6. The fourth-order valence-corrected chi connectivity index (χ4v) is 5.61. The van der Waals surface area contributed by atoms with E-state index < -0.39 is 10.0 Å². The van der Waals surface area contributed by atoms with E-state index in [1.165, 1.54) is 35.5 Å². The Morgan fingerprint density at radius 3 is 2.16 bits per heavy atom. The van der Waals surface area contributed by atoms with Gasteiger partial charge in [0.25, 0.3) is 0 Å². The van der Waals surface area contributed by atoms with Crippen LogP contribution in [0, 0.1) is 5.92 Å². The number of fused-ring (bicyclic) bond motifs is 1. The summed E-state index contributed by atoms with van der Waals surface area (Å²) in [6.45, 7) is 2.03. The molecule has 3 aromatic carbocycles. The maximum absolute atomic E-state index is 13.1. The van der Waals surface area contributed by atoms with Gasteiger partial charge in [-0.3, -0.25) is 9.59 Å². The van der Waals surface area contributed by atoms with Crippen molar-refractivity contribution in [2.75, 3.05) is 25.0 Å². The predicted molar refractivity (Wildman–Crippen MR) is 125 cm³/mol. The molecular weight excluding hydrogens is 424 g/mol. The lowest BCUT2D eigenvalue weighted by Crippen LogP contribution is -2.43. The van der Waals surface area contributed by atoms with E-state index >= 15 is 0 Å². The first-order valence-corrected chi connectivity index (χ1v) is 12.1. The van der Waals surface area contributed by atoms with Gasteiger partial charge in [-0.05, 0) is 54.8 Å². The molecule has 1 aliphatic heterocycles. The van der Waals surface area contributed by atoms with Crippen molar-refractivity contribution in [1.29, 1.82) is 0 Å². The minimum absolute atomic E-state index is 0.00291. The van der Waals surface area contributed by atoms with Gasteiger partial charge in [0.05, 0.1) is 4.90 Å². The zero-order valence-corrected chi connectivity index (χ0v) is 19.0. The number of piperidine rings is 1. The molecule has 1 heterocycles. The zero-order chi connectivity index (χ0) is 22.9. The summed E-state index contributed by atoms with van der Waals surface area (Å²) in [6.07, 6.45) is 0.947. The Morgan fingerprint density at radius 1 is 0.906 bits per heavy atom. The molecule has 0 N–H and O–H groups in total. The van der Waals surface area contributed by atoms with E-state index in [4.69, 9.17) is 0 Å². The van der Waals surface area contributed by atoms with E-state index in [-0.39, 0.29) is 22.5 Å². The minimum Gasteiger partial charge on any atom is -0.315 e. The molecule has 0 radical (unpaired) electrons. The van der Waals surface area contributed by atoms with Crippen molar-refractivity contribution in [2.45, 2.75) is 24.7 Å². The minimum atomic E-state index is -3.65. The highest BCUT2D eigenvalue weighted by Gasteiger charge is 2.33. The zero-order valence-electron chi connectivity index (χ0n) is 18.2. The molecule has 0 aliphatic carbocycles. The smallest absolute Gasteiger partial charge is 0.243 e. The first-order chi connectivity index (χ1) is 15.3. The van der Waals surface area contributed by atoms with Crippen LogP contribution < -0.4 is 4.90 Å². The summed E-state index contributed by atoms with van der Waals surface area (Å²) in [4.78, 5) is 26.4. The average Bonchev–Trinajstić information content (AvgIpc) is 2.83. The number of carbonyl (C=O) groups is 2. The highest BCUT2D eigenvalue weighted by molar-refractivity contribution is 7.89. The van der Waals surface area contributed by atoms with Crippen LogP contribution in [0.1, 0.15) is 30.1 Å². The molecule has 1 aliphatic rings. The standard InChI is InChI=1S/C25H26N2O4S/c1-18(28)19-8-11-24(12-9-19)32(30,31)27-15-13-21(14-16-27)25(29)26(2)23-10-7-20-5-3-4-6-22(20)17-23/h3-12,17,21H,13-16H2,1-2H3. The fraction of sp³-hybridized carbons (Fsp3) is 0.280. The molecule has 0 aromatic heterocycles. The van der Waals surface area contributed by atoms with E-state index in [0.717, 1.165) is 16.5 Å². The van der Waals surface area contributed by atoms with Crippen LogP contribution in [0.15, 0.2) is 71.6 Å². The third kappa shape index (κ3) is 4.31. The van der Waals surface area contributed by atoms with Crippen molar-refractivity contribution >= 4 is 38.2 Å². The summed E-state index contributed by atoms with van der Waals surface area (Å²) >= 11 is 0. The van der Waals surface area contributed by atoms with Crippen LogP contribution in [0.5, 0.6) is 0 Å². The number of anilines is 1. The molecular formula is C25H26N2O4S. The van der Waals surface area contributed by atoms with Gasteiger partial charge >= 0.3 is 0 Å². The lowest BCUT2D eigenvalue weighted by molar-refractivity contribution is -0.123. The lowest BCUT2D eigenvalue weighted by Gasteiger charge is -2.32. The second-order valence-electron chi connectivity index (χ2n) is 8.19. The number of sulfonamides is 1. The van der Waals surface area contributed by atoms with Crippen LogP contribution in [-0.4, -0.2) is 44.6 Å². The molecule has 0 saturated carbocycles. The van der Waals surface area contributed by atoms with Crippen molar-refractivity contribution in [3.8, 4) is 0 Å². The second kappa shape index (κ2) is 8.84. The highest BCUT2D eigenvalue weighted by Crippen LogP contribution is 2.28. The molecule has 1 amide bonds. The van der Waals surface area contributed by atoms with Crippen LogP contribution in [0.2, 0.25) is 0 Å². The molecule has 6 nitrogen and oxygen atoms in total. The van der Waals surface area contributed by atoms with Crippen LogP contribution in [-0.2, 0) is 14.8 Å². The third-order valence-corrected chi connectivity index (χ3v) is 8.07. The summed E-state index contributed by atoms with van der Waals surface area (Å²) in [6, 6.07) is 19.9. The normalized spacial score (nSPS) is 15.6. The van der Waals surface area contributed by atoms with Gasteiger partial charge in [0, 0.05) is 37.3 Å². The number of nitrogens with zero attached hydrogens (tertiary/aromatic N) is 2. The van der Waals surface area contributed by atoms with E-state index in [2.05, 4.69) is 0 Å². The summed E-state index contributed by atoms with van der Waals surface area (Å²) in [5.74, 6) is -0.329. The molecule has 1 saturated heterocycles. The van der Waals surface area contributed by atoms with Gasteiger partial charge in [-0.25, -0.2) is 8.42 Å². The van der Waals surface area contributed by atoms with Gasteiger partial charge < -0.3 is 4.90 Å². The molecule has 0 bridgehead atoms. The Bertz CT molecular complexity index is 1260. The van der Waals surface area contributed by atoms with Gasteiger partial charge in [0.1, 0.15) is 0 Å². The predicted octanol–water partition coefficient (Wildman–Crippen LogP) is 4.11. The first kappa shape index (κ1) is 22.2. The highest BCUT2D eigenvalue weighted by atomic mass is 32.2. The molecule has 32 heavy (non-hydrogen) atoms. The largest absolute Gasteiger partial charge is 0.315 e. The molecule has 1 fully saturated rings. The van der Waals surface area contributed by atoms with Crippen molar-refractivity contribution < 1.29 is 18.0 Å². The monoisotopic (exact) mass is 450 g/mol. The number of carbonyl (C=O) groups excluding carboxylic acids is 2. The van der Waals surface area contributed by atoms with Crippen LogP contribution in [0.3, 0.4) is 0 Å². The third-order valence-electron chi connectivity index (χ3n) is 6.15. The number of amides is 1. The number of hydrogen-bond acceptors (Lipinski definition) is 4. The van der Waals surface area contributed by atoms with Gasteiger partial charge in [-0.1, -0.05) is 42.5 Å². The molecule has 0 atom stereocenters. The van der Waals surface area contributed by atoms with Crippen LogP contribution in [0.25, 0.3) is 10.8 Å². The molecule has 7 heteroatoms. The Labute approximate surface area is 188 Å². The molecule has 0 spiro atoms. The number of hydrogen-bond donors (Lipinski definition) is 0. The topological polar surface area (TPSA) is 74.8 Å². The number of benzene rings is 3. The maximum atomic E-state index is 13.1. The summed E-state index contributed by atoms with van der Waals surface area (Å²) in [5.41, 5.74) is 1.30. The van der Waals surface area contributed by atoms with Crippen molar-refractivity contribution in [1.82, 2.24) is 4.31 Å². The van der Waals surface area contributed by atoms with E-state index in [0.29, 0.717) is 31.5 Å². The number of ketones is 1. The molecule has 0 unspecified atom stereocenters. The van der Waals surface area contributed by atoms with Crippen LogP contribution >= 0.6 is 0 Å². The Kier molecular flexibility index (Phi) is 6.13. The summed E-state index contributed by atoms with van der Waals surface area (Å²) < 4.78 is 27.4. The Balaban J connectivity index is 1.43.